The highest BCUT2D eigenvalue weighted by molar-refractivity contribution is 6.00. The predicted octanol–water partition coefficient (Wildman–Crippen LogP) is -1.19. The highest BCUT2D eigenvalue weighted by atomic mass is 16.5. The van der Waals surface area contributed by atoms with E-state index in [-0.39, 0.29) is 17.5 Å². The second kappa shape index (κ2) is 22.2. The zero-order chi connectivity index (χ0) is 43.0. The van der Waals surface area contributed by atoms with Gasteiger partial charge in [0.2, 0.25) is 29.5 Å². The summed E-state index contributed by atoms with van der Waals surface area (Å²) in [5.74, 6) is -4.98. The zero-order valence-corrected chi connectivity index (χ0v) is 32.7. The topological polar surface area (TPSA) is 262 Å². The number of terminal acetylenes is 2. The molecule has 0 saturated carbocycles. The van der Waals surface area contributed by atoms with E-state index in [1.807, 2.05) is 18.8 Å². The van der Waals surface area contributed by atoms with Crippen molar-refractivity contribution in [1.29, 1.82) is 0 Å². The van der Waals surface area contributed by atoms with Crippen LogP contribution in [0, 0.1) is 30.6 Å². The molecule has 19 heteroatoms. The van der Waals surface area contributed by atoms with E-state index >= 15 is 0 Å². The first-order chi connectivity index (χ1) is 26.8. The van der Waals surface area contributed by atoms with Crippen molar-refractivity contribution in [3.8, 4) is 30.4 Å². The van der Waals surface area contributed by atoms with Crippen molar-refractivity contribution in [3.05, 3.63) is 23.8 Å². The maximum atomic E-state index is 13.4. The first-order valence-electron chi connectivity index (χ1n) is 18.2. The summed E-state index contributed by atoms with van der Waals surface area (Å²) >= 11 is 0. The van der Waals surface area contributed by atoms with Crippen LogP contribution in [-0.2, 0) is 49.6 Å². The fourth-order valence-electron chi connectivity index (χ4n) is 5.46. The molecule has 1 aliphatic rings. The summed E-state index contributed by atoms with van der Waals surface area (Å²) in [5.41, 5.74) is 0.655. The Morgan fingerprint density at radius 2 is 1.32 bits per heavy atom. The molecular formula is C38H50N8O11. The lowest BCUT2D eigenvalue weighted by molar-refractivity contribution is -0.157. The van der Waals surface area contributed by atoms with Gasteiger partial charge in [0.1, 0.15) is 24.2 Å². The van der Waals surface area contributed by atoms with E-state index in [0.717, 1.165) is 0 Å². The summed E-state index contributed by atoms with van der Waals surface area (Å²) in [6.45, 7) is 8.40. The van der Waals surface area contributed by atoms with Crippen LogP contribution < -0.4 is 36.6 Å². The Hall–Kier alpha value is -6.47. The Morgan fingerprint density at radius 3 is 1.79 bits per heavy atom. The number of rotatable bonds is 7. The second-order valence-corrected chi connectivity index (χ2v) is 13.4. The lowest BCUT2D eigenvalue weighted by Gasteiger charge is -2.32. The number of hydrogen-bond acceptors (Lipinski definition) is 11. The second-order valence-electron chi connectivity index (χ2n) is 13.4. The molecule has 2 rings (SSSR count). The molecule has 0 spiro atoms. The van der Waals surface area contributed by atoms with E-state index in [1.54, 1.807) is 13.0 Å². The molecule has 0 saturated heterocycles. The minimum absolute atomic E-state index is 0.0203. The number of ether oxygens (including phenoxy) is 1. The molecule has 5 unspecified atom stereocenters. The van der Waals surface area contributed by atoms with Gasteiger partial charge in [-0.1, -0.05) is 19.9 Å². The fraction of sp³-hybridized carbons (Fsp3) is 0.500. The van der Waals surface area contributed by atoms with Crippen LogP contribution in [0.3, 0.4) is 0 Å². The molecule has 1 aromatic rings. The summed E-state index contributed by atoms with van der Waals surface area (Å²) in [6.07, 6.45) is 10.2. The Kier molecular flexibility index (Phi) is 18.2. The van der Waals surface area contributed by atoms with E-state index in [0.29, 0.717) is 35.0 Å². The van der Waals surface area contributed by atoms with Gasteiger partial charge in [-0.2, -0.15) is 0 Å². The number of carbonyl (C=O) groups excluding carboxylic acids is 8. The summed E-state index contributed by atoms with van der Waals surface area (Å²) in [6, 6.07) is -0.581. The largest absolute Gasteiger partial charge is 0.481 e. The lowest BCUT2D eigenvalue weighted by Crippen LogP contribution is -2.53. The Labute approximate surface area is 330 Å². The van der Waals surface area contributed by atoms with Gasteiger partial charge in [0.05, 0.1) is 24.7 Å². The number of amides is 7. The van der Waals surface area contributed by atoms with Crippen LogP contribution in [0.2, 0.25) is 0 Å². The number of carbonyl (C=O) groups is 9. The molecule has 0 aromatic heterocycles. The molecule has 0 bridgehead atoms. The van der Waals surface area contributed by atoms with Crippen molar-refractivity contribution < 1.29 is 53.0 Å². The average molecular weight is 795 g/mol. The molecule has 0 fully saturated rings. The number of likely N-dealkylation sites (N-methyl/N-ethyl adjacent to an activating group) is 1. The molecule has 308 valence electrons. The van der Waals surface area contributed by atoms with Crippen LogP contribution in [0.1, 0.15) is 66.4 Å². The molecule has 57 heavy (non-hydrogen) atoms. The Morgan fingerprint density at radius 1 is 0.825 bits per heavy atom. The molecule has 6 atom stereocenters. The first-order valence-corrected chi connectivity index (χ1v) is 18.2. The molecule has 7 amide bonds. The van der Waals surface area contributed by atoms with Crippen LogP contribution in [0.25, 0.3) is 0 Å². The summed E-state index contributed by atoms with van der Waals surface area (Å²) in [7, 11) is 0. The maximum absolute atomic E-state index is 13.4. The molecular weight excluding hydrogens is 744 g/mol. The minimum Gasteiger partial charge on any atom is -0.481 e. The van der Waals surface area contributed by atoms with E-state index in [2.05, 4.69) is 31.9 Å². The van der Waals surface area contributed by atoms with Gasteiger partial charge in [-0.15, -0.1) is 12.8 Å². The van der Waals surface area contributed by atoms with Gasteiger partial charge in [-0.3, -0.25) is 38.4 Å². The quantitative estimate of drug-likeness (QED) is 0.0977. The van der Waals surface area contributed by atoms with E-state index in [9.17, 15) is 48.3 Å². The number of aliphatic carboxylic acids is 1. The Bertz CT molecular complexity index is 1800. The number of nitrogens with zero attached hydrogens (tertiary/aromatic N) is 2. The van der Waals surface area contributed by atoms with Gasteiger partial charge in [0, 0.05) is 18.9 Å². The fourth-order valence-corrected chi connectivity index (χ4v) is 5.46. The van der Waals surface area contributed by atoms with Gasteiger partial charge in [0.15, 0.2) is 5.75 Å². The third-order valence-electron chi connectivity index (χ3n) is 8.66. The van der Waals surface area contributed by atoms with Crippen LogP contribution in [0.5, 0.6) is 5.75 Å². The van der Waals surface area contributed by atoms with Gasteiger partial charge in [0.25, 0.3) is 0 Å². The molecule has 1 aliphatic heterocycles. The molecule has 0 radical (unpaired) electrons. The zero-order valence-electron chi connectivity index (χ0n) is 32.7. The lowest BCUT2D eigenvalue weighted by atomic mass is 9.95. The van der Waals surface area contributed by atoms with Crippen LogP contribution >= 0.6 is 0 Å². The number of carboxylic acid groups (broad SMARTS) is 1. The molecule has 19 nitrogen and oxygen atoms in total. The summed E-state index contributed by atoms with van der Waals surface area (Å²) in [4.78, 5) is 115. The summed E-state index contributed by atoms with van der Waals surface area (Å²) in [5, 5.41) is 26.5. The number of anilines is 1. The average Bonchev–Trinajstić information content (AvgIpc) is 3.15. The predicted molar refractivity (Wildman–Crippen MR) is 204 cm³/mol. The summed E-state index contributed by atoms with van der Waals surface area (Å²) < 4.78 is 5.59. The van der Waals surface area contributed by atoms with Crippen LogP contribution in [0.4, 0.5) is 5.69 Å². The third kappa shape index (κ3) is 14.6. The van der Waals surface area contributed by atoms with Crippen LogP contribution in [0.15, 0.2) is 18.2 Å². The Balaban J connectivity index is 2.49. The number of hydrazine groups is 1. The number of benzene rings is 1. The van der Waals surface area contributed by atoms with Crippen molar-refractivity contribution in [2.45, 2.75) is 97.4 Å². The van der Waals surface area contributed by atoms with Gasteiger partial charge in [-0.25, -0.2) is 14.8 Å². The number of nitrogens with one attached hydrogen (secondary N) is 6. The standard InChI is InChI=1S/C38H50N8O11/c1-9-32(49)45-16-14-30(47)40-22(5)34(51)42-24(7)36(53)44-28-20-26(19-27(39-11-3)18-21(4)37(54)55)12-13-29(28)57-38(56)25(8)43-35(52)23(6)41-31(48)15-17-46(45)33(50)10-2/h1-2,12-13,20-25,27,39H,11,14-19H2,3-8H3,(H,40,47)(H,41,48)(H,42,51)(H,43,52)(H,44,53)(H,54,55)/t21?,22?,23?,24?,25?,27-/m1/s1. The monoisotopic (exact) mass is 794 g/mol. The van der Waals surface area contributed by atoms with E-state index < -0.39 is 109 Å². The SMILES string of the molecule is C#CC(=O)N1CCC(=O)NC(C)C(=O)NC(C)C(=O)Nc2cc(C[C@@H](CC(C)C(=O)O)NCC)ccc2OC(=O)C(C)NC(=O)C(C)NC(=O)CCN1C(=O)C#C. The third-order valence-corrected chi connectivity index (χ3v) is 8.66. The van der Waals surface area contributed by atoms with E-state index in [4.69, 9.17) is 17.6 Å². The molecule has 1 aromatic carbocycles. The molecule has 1 heterocycles. The first kappa shape index (κ1) is 46.7. The van der Waals surface area contributed by atoms with Crippen LogP contribution in [-0.4, -0.2) is 118 Å². The number of fused-ring (bicyclic) bond motifs is 1. The molecule has 0 aliphatic carbocycles. The van der Waals surface area contributed by atoms with Crippen molar-refractivity contribution in [1.82, 2.24) is 36.6 Å². The minimum atomic E-state index is -1.27. The number of carboxylic acids is 1. The van der Waals surface area contributed by atoms with E-state index in [1.165, 1.54) is 39.8 Å². The van der Waals surface area contributed by atoms with Gasteiger partial charge < -0.3 is 41.7 Å². The van der Waals surface area contributed by atoms with Crippen molar-refractivity contribution in [3.63, 3.8) is 0 Å². The molecule has 7 N–H and O–H groups in total. The normalized spacial score (nSPS) is 21.9. The smallest absolute Gasteiger partial charge is 0.333 e. The van der Waals surface area contributed by atoms with Gasteiger partial charge >= 0.3 is 23.8 Å². The maximum Gasteiger partial charge on any atom is 0.333 e. The van der Waals surface area contributed by atoms with Crippen molar-refractivity contribution >= 4 is 59.0 Å². The number of hydrogen-bond donors (Lipinski definition) is 7. The van der Waals surface area contributed by atoms with Gasteiger partial charge in [-0.05, 0) is 76.6 Å². The highest BCUT2D eigenvalue weighted by Gasteiger charge is 2.29. The van der Waals surface area contributed by atoms with Crippen molar-refractivity contribution in [2.24, 2.45) is 5.92 Å². The highest BCUT2D eigenvalue weighted by Crippen LogP contribution is 2.28. The van der Waals surface area contributed by atoms with Crippen molar-refractivity contribution in [2.75, 3.05) is 25.0 Å². The number of esters is 1.